The minimum Gasteiger partial charge on any atom is -0.465 e. The molecule has 0 aliphatic rings. The molecule has 100 valence electrons. The standard InChI is InChI=1S/C16H14N2O2/c1-20-16(19)12-7-8-14-13(9-12)10-15(18(14)17)11-5-3-2-4-6-11/h2-10H,17H2,1H3. The molecule has 0 saturated carbocycles. The average molecular weight is 266 g/mol. The summed E-state index contributed by atoms with van der Waals surface area (Å²) in [6.45, 7) is 0. The van der Waals surface area contributed by atoms with E-state index in [-0.39, 0.29) is 5.97 Å². The van der Waals surface area contributed by atoms with E-state index >= 15 is 0 Å². The van der Waals surface area contributed by atoms with Crippen molar-refractivity contribution in [2.24, 2.45) is 0 Å². The van der Waals surface area contributed by atoms with Gasteiger partial charge in [-0.2, -0.15) is 0 Å². The third-order valence-electron chi connectivity index (χ3n) is 3.33. The third-order valence-corrected chi connectivity index (χ3v) is 3.33. The van der Waals surface area contributed by atoms with Gasteiger partial charge in [-0.25, -0.2) is 4.79 Å². The molecule has 4 nitrogen and oxygen atoms in total. The zero-order chi connectivity index (χ0) is 14.1. The number of hydrogen-bond donors (Lipinski definition) is 1. The fourth-order valence-electron chi connectivity index (χ4n) is 2.31. The van der Waals surface area contributed by atoms with Crippen molar-refractivity contribution < 1.29 is 9.53 Å². The zero-order valence-electron chi connectivity index (χ0n) is 11.0. The molecule has 0 radical (unpaired) electrons. The molecule has 0 fully saturated rings. The predicted octanol–water partition coefficient (Wildman–Crippen LogP) is 2.81. The summed E-state index contributed by atoms with van der Waals surface area (Å²) in [6, 6.07) is 17.2. The molecule has 0 bridgehead atoms. The number of ether oxygens (including phenoxy) is 1. The van der Waals surface area contributed by atoms with E-state index in [9.17, 15) is 4.79 Å². The maximum Gasteiger partial charge on any atom is 0.337 e. The van der Waals surface area contributed by atoms with Crippen LogP contribution in [-0.2, 0) is 4.74 Å². The topological polar surface area (TPSA) is 57.2 Å². The zero-order valence-corrected chi connectivity index (χ0v) is 11.0. The summed E-state index contributed by atoms with van der Waals surface area (Å²) in [6.07, 6.45) is 0. The van der Waals surface area contributed by atoms with E-state index in [4.69, 9.17) is 10.6 Å². The van der Waals surface area contributed by atoms with Gasteiger partial charge in [0.1, 0.15) is 0 Å². The van der Waals surface area contributed by atoms with Crippen molar-refractivity contribution in [3.8, 4) is 11.3 Å². The Labute approximate surface area is 116 Å². The van der Waals surface area contributed by atoms with Crippen LogP contribution in [0.4, 0.5) is 0 Å². The molecule has 0 saturated heterocycles. The Bertz CT molecular complexity index is 776. The number of carbonyl (C=O) groups is 1. The SMILES string of the molecule is COC(=O)c1ccc2c(c1)cc(-c1ccccc1)n2N. The lowest BCUT2D eigenvalue weighted by Gasteiger charge is -2.04. The highest BCUT2D eigenvalue weighted by Crippen LogP contribution is 2.26. The number of hydrogen-bond acceptors (Lipinski definition) is 3. The van der Waals surface area contributed by atoms with Gasteiger partial charge in [0.2, 0.25) is 0 Å². The van der Waals surface area contributed by atoms with Crippen LogP contribution in [0.25, 0.3) is 22.2 Å². The van der Waals surface area contributed by atoms with Gasteiger partial charge in [0, 0.05) is 10.9 Å². The van der Waals surface area contributed by atoms with Crippen LogP contribution in [0.1, 0.15) is 10.4 Å². The van der Waals surface area contributed by atoms with Crippen LogP contribution < -0.4 is 5.84 Å². The molecule has 2 N–H and O–H groups in total. The summed E-state index contributed by atoms with van der Waals surface area (Å²) in [5, 5.41) is 0.911. The lowest BCUT2D eigenvalue weighted by molar-refractivity contribution is 0.0601. The predicted molar refractivity (Wildman–Crippen MR) is 78.9 cm³/mol. The maximum atomic E-state index is 11.6. The Morgan fingerprint density at radius 3 is 2.55 bits per heavy atom. The van der Waals surface area contributed by atoms with Crippen LogP contribution in [0.3, 0.4) is 0 Å². The highest BCUT2D eigenvalue weighted by Gasteiger charge is 2.11. The number of nitrogens with two attached hydrogens (primary N) is 1. The molecule has 3 rings (SSSR count). The number of methoxy groups -OCH3 is 1. The largest absolute Gasteiger partial charge is 0.465 e. The van der Waals surface area contributed by atoms with Gasteiger partial charge in [-0.15, -0.1) is 0 Å². The Kier molecular flexibility index (Phi) is 2.91. The van der Waals surface area contributed by atoms with Crippen molar-refractivity contribution in [3.63, 3.8) is 0 Å². The van der Waals surface area contributed by atoms with Gasteiger partial charge >= 0.3 is 5.97 Å². The van der Waals surface area contributed by atoms with E-state index in [0.717, 1.165) is 22.2 Å². The second-order valence-corrected chi connectivity index (χ2v) is 4.53. The van der Waals surface area contributed by atoms with E-state index in [2.05, 4.69) is 0 Å². The van der Waals surface area contributed by atoms with Crippen molar-refractivity contribution in [2.75, 3.05) is 13.0 Å². The second-order valence-electron chi connectivity index (χ2n) is 4.53. The molecule has 0 aliphatic carbocycles. The smallest absolute Gasteiger partial charge is 0.337 e. The monoisotopic (exact) mass is 266 g/mol. The Balaban J connectivity index is 2.17. The van der Waals surface area contributed by atoms with Crippen molar-refractivity contribution in [3.05, 3.63) is 60.2 Å². The molecule has 2 aromatic carbocycles. The lowest BCUT2D eigenvalue weighted by atomic mass is 10.1. The third kappa shape index (κ3) is 1.91. The number of esters is 1. The highest BCUT2D eigenvalue weighted by atomic mass is 16.5. The molecular weight excluding hydrogens is 252 g/mol. The fourth-order valence-corrected chi connectivity index (χ4v) is 2.31. The number of nitrogen functional groups attached to an aromatic ring is 1. The van der Waals surface area contributed by atoms with Crippen molar-refractivity contribution >= 4 is 16.9 Å². The van der Waals surface area contributed by atoms with Gasteiger partial charge in [-0.1, -0.05) is 30.3 Å². The molecule has 4 heteroatoms. The number of nitrogens with zero attached hydrogens (tertiary/aromatic N) is 1. The molecular formula is C16H14N2O2. The molecule has 0 unspecified atom stereocenters. The fraction of sp³-hybridized carbons (Fsp3) is 0.0625. The first-order valence-electron chi connectivity index (χ1n) is 6.25. The molecule has 0 amide bonds. The van der Waals surface area contributed by atoms with Gasteiger partial charge in [-0.3, -0.25) is 4.68 Å². The normalized spacial score (nSPS) is 10.7. The van der Waals surface area contributed by atoms with Crippen molar-refractivity contribution in [1.82, 2.24) is 4.68 Å². The van der Waals surface area contributed by atoms with Crippen molar-refractivity contribution in [1.29, 1.82) is 0 Å². The summed E-state index contributed by atoms with van der Waals surface area (Å²) in [5.41, 5.74) is 3.33. The maximum absolute atomic E-state index is 11.6. The minimum absolute atomic E-state index is 0.349. The van der Waals surface area contributed by atoms with E-state index in [1.807, 2.05) is 42.5 Å². The van der Waals surface area contributed by atoms with Crippen LogP contribution in [-0.4, -0.2) is 17.8 Å². The molecule has 0 spiro atoms. The van der Waals surface area contributed by atoms with Gasteiger partial charge in [0.25, 0.3) is 0 Å². The van der Waals surface area contributed by atoms with Crippen LogP contribution in [0.5, 0.6) is 0 Å². The first-order valence-corrected chi connectivity index (χ1v) is 6.25. The Morgan fingerprint density at radius 1 is 1.10 bits per heavy atom. The Morgan fingerprint density at radius 2 is 1.85 bits per heavy atom. The van der Waals surface area contributed by atoms with Crippen LogP contribution in [0.2, 0.25) is 0 Å². The minimum atomic E-state index is -0.349. The van der Waals surface area contributed by atoms with E-state index in [0.29, 0.717) is 5.56 Å². The number of fused-ring (bicyclic) bond motifs is 1. The van der Waals surface area contributed by atoms with Gasteiger partial charge in [-0.05, 0) is 24.3 Å². The molecule has 0 aliphatic heterocycles. The second kappa shape index (κ2) is 4.74. The number of benzene rings is 2. The summed E-state index contributed by atoms with van der Waals surface area (Å²) in [4.78, 5) is 11.6. The van der Waals surface area contributed by atoms with Gasteiger partial charge < -0.3 is 10.6 Å². The quantitative estimate of drug-likeness (QED) is 0.573. The lowest BCUT2D eigenvalue weighted by Crippen LogP contribution is -2.09. The Hall–Kier alpha value is -2.75. The van der Waals surface area contributed by atoms with Gasteiger partial charge in [0.05, 0.1) is 23.9 Å². The van der Waals surface area contributed by atoms with Gasteiger partial charge in [0.15, 0.2) is 0 Å². The molecule has 1 heterocycles. The first-order chi connectivity index (χ1) is 9.70. The number of aromatic nitrogens is 1. The summed E-state index contributed by atoms with van der Waals surface area (Å²) in [5.74, 6) is 5.78. The molecule has 3 aromatic rings. The number of carbonyl (C=O) groups excluding carboxylic acids is 1. The summed E-state index contributed by atoms with van der Waals surface area (Å²) in [7, 11) is 1.37. The first kappa shape index (κ1) is 12.3. The van der Waals surface area contributed by atoms with Crippen LogP contribution in [0.15, 0.2) is 54.6 Å². The summed E-state index contributed by atoms with van der Waals surface area (Å²) < 4.78 is 6.36. The van der Waals surface area contributed by atoms with E-state index in [1.54, 1.807) is 16.8 Å². The van der Waals surface area contributed by atoms with E-state index < -0.39 is 0 Å². The van der Waals surface area contributed by atoms with E-state index in [1.165, 1.54) is 7.11 Å². The molecule has 0 atom stereocenters. The molecule has 1 aromatic heterocycles. The molecule has 20 heavy (non-hydrogen) atoms. The number of rotatable bonds is 2. The highest BCUT2D eigenvalue weighted by molar-refractivity contribution is 5.96. The summed E-state index contributed by atoms with van der Waals surface area (Å²) >= 11 is 0. The van der Waals surface area contributed by atoms with Crippen molar-refractivity contribution in [2.45, 2.75) is 0 Å². The van der Waals surface area contributed by atoms with Crippen LogP contribution in [0, 0.1) is 0 Å². The van der Waals surface area contributed by atoms with Crippen LogP contribution >= 0.6 is 0 Å². The average Bonchev–Trinajstić information content (AvgIpc) is 2.84.